The Hall–Kier alpha value is -2.12. The summed E-state index contributed by atoms with van der Waals surface area (Å²) in [6.07, 6.45) is 4.62. The molecule has 1 N–H and O–H groups in total. The van der Waals surface area contributed by atoms with E-state index in [0.717, 1.165) is 30.6 Å². The topological polar surface area (TPSA) is 72.7 Å². The van der Waals surface area contributed by atoms with Crippen LogP contribution in [-0.2, 0) is 0 Å². The van der Waals surface area contributed by atoms with Crippen molar-refractivity contribution in [2.24, 2.45) is 0 Å². The molecule has 0 bridgehead atoms. The van der Waals surface area contributed by atoms with E-state index in [1.165, 1.54) is 4.90 Å². The third kappa shape index (κ3) is 3.73. The van der Waals surface area contributed by atoms with Crippen molar-refractivity contribution in [3.63, 3.8) is 0 Å². The summed E-state index contributed by atoms with van der Waals surface area (Å²) in [5.41, 5.74) is 2.02. The van der Waals surface area contributed by atoms with Crippen molar-refractivity contribution in [2.45, 2.75) is 50.1 Å². The van der Waals surface area contributed by atoms with Gasteiger partial charge in [0.25, 0.3) is 5.56 Å². The van der Waals surface area contributed by atoms with Gasteiger partial charge in [-0.25, -0.2) is 9.97 Å². The Balaban J connectivity index is 1.69. The van der Waals surface area contributed by atoms with E-state index in [9.17, 15) is 4.79 Å². The minimum atomic E-state index is -0.156. The first-order chi connectivity index (χ1) is 13.6. The largest absolute Gasteiger partial charge is 0.359 e. The predicted molar refractivity (Wildman–Crippen MR) is 114 cm³/mol. The highest BCUT2D eigenvalue weighted by Gasteiger charge is 2.25. The third-order valence-corrected chi connectivity index (χ3v) is 6.16. The fraction of sp³-hybridized carbons (Fsp3) is 0.400. The molecule has 0 aliphatic heterocycles. The minimum absolute atomic E-state index is 0.0543. The Morgan fingerprint density at radius 1 is 1.29 bits per heavy atom. The summed E-state index contributed by atoms with van der Waals surface area (Å²) in [6, 6.07) is 8.48. The standard InChI is InChI=1S/C20H22ClN5OS/c1-3-28-15-9-7-13(8-10-15)12(2)23-17-19(27)26(14-5-4-6-14)18-16(24-17)11-22-20(21)25-18/h7-12,14H,3-6H2,1-2H3,(H,23,24). The zero-order chi connectivity index (χ0) is 19.7. The Morgan fingerprint density at radius 3 is 2.68 bits per heavy atom. The maximum absolute atomic E-state index is 13.2. The first-order valence-electron chi connectivity index (χ1n) is 9.51. The van der Waals surface area contributed by atoms with Gasteiger partial charge in [0.1, 0.15) is 5.52 Å². The van der Waals surface area contributed by atoms with Crippen LogP contribution < -0.4 is 10.9 Å². The molecule has 1 fully saturated rings. The number of nitrogens with one attached hydrogen (secondary N) is 1. The van der Waals surface area contributed by atoms with Crippen LogP contribution in [0.5, 0.6) is 0 Å². The Bertz CT molecular complexity index is 1050. The molecule has 1 aromatic carbocycles. The second-order valence-corrected chi connectivity index (χ2v) is 8.61. The van der Waals surface area contributed by atoms with Gasteiger partial charge in [-0.05, 0) is 61.2 Å². The van der Waals surface area contributed by atoms with Crippen LogP contribution in [0, 0.1) is 0 Å². The van der Waals surface area contributed by atoms with E-state index < -0.39 is 0 Å². The molecule has 1 aliphatic rings. The maximum atomic E-state index is 13.2. The summed E-state index contributed by atoms with van der Waals surface area (Å²) >= 11 is 7.77. The second-order valence-electron chi connectivity index (χ2n) is 6.94. The molecule has 0 amide bonds. The summed E-state index contributed by atoms with van der Waals surface area (Å²) in [5.74, 6) is 1.37. The zero-order valence-corrected chi connectivity index (χ0v) is 17.4. The van der Waals surface area contributed by atoms with Crippen molar-refractivity contribution >= 4 is 40.3 Å². The lowest BCUT2D eigenvalue weighted by molar-refractivity contribution is 0.313. The molecule has 8 heteroatoms. The number of rotatable bonds is 6. The van der Waals surface area contributed by atoms with Gasteiger partial charge in [-0.1, -0.05) is 19.1 Å². The van der Waals surface area contributed by atoms with Gasteiger partial charge in [-0.15, -0.1) is 11.8 Å². The van der Waals surface area contributed by atoms with E-state index in [0.29, 0.717) is 17.0 Å². The molecule has 0 radical (unpaired) electrons. The van der Waals surface area contributed by atoms with Crippen LogP contribution in [0.2, 0.25) is 5.28 Å². The van der Waals surface area contributed by atoms with Crippen molar-refractivity contribution < 1.29 is 0 Å². The average molecular weight is 416 g/mol. The predicted octanol–water partition coefficient (Wildman–Crippen LogP) is 4.85. The molecule has 2 aromatic heterocycles. The molecular weight excluding hydrogens is 394 g/mol. The number of anilines is 1. The van der Waals surface area contributed by atoms with Gasteiger partial charge in [0.15, 0.2) is 11.5 Å². The lowest BCUT2D eigenvalue weighted by Crippen LogP contribution is -2.32. The fourth-order valence-corrected chi connectivity index (χ4v) is 4.16. The number of benzene rings is 1. The van der Waals surface area contributed by atoms with Crippen molar-refractivity contribution in [3.8, 4) is 0 Å². The average Bonchev–Trinajstić information content (AvgIpc) is 2.65. The first kappa shape index (κ1) is 19.2. The van der Waals surface area contributed by atoms with E-state index in [1.54, 1.807) is 10.8 Å². The highest BCUT2D eigenvalue weighted by atomic mass is 35.5. The van der Waals surface area contributed by atoms with Crippen LogP contribution in [0.15, 0.2) is 40.2 Å². The molecule has 0 spiro atoms. The highest BCUT2D eigenvalue weighted by molar-refractivity contribution is 7.99. The van der Waals surface area contributed by atoms with Crippen LogP contribution in [0.3, 0.4) is 0 Å². The molecule has 1 aliphatic carbocycles. The normalized spacial score (nSPS) is 15.4. The Morgan fingerprint density at radius 2 is 2.04 bits per heavy atom. The Kier molecular flexibility index (Phi) is 5.55. The summed E-state index contributed by atoms with van der Waals surface area (Å²) in [5, 5.41) is 3.41. The molecule has 2 heterocycles. The molecule has 4 rings (SSSR count). The number of nitrogens with zero attached hydrogens (tertiary/aromatic N) is 4. The summed E-state index contributed by atoms with van der Waals surface area (Å²) in [4.78, 5) is 27.2. The maximum Gasteiger partial charge on any atom is 0.295 e. The molecule has 0 saturated heterocycles. The van der Waals surface area contributed by atoms with Crippen molar-refractivity contribution in [2.75, 3.05) is 11.1 Å². The molecule has 28 heavy (non-hydrogen) atoms. The van der Waals surface area contributed by atoms with Gasteiger partial charge in [-0.2, -0.15) is 4.98 Å². The van der Waals surface area contributed by atoms with Gasteiger partial charge in [0.05, 0.1) is 12.2 Å². The van der Waals surface area contributed by atoms with Crippen molar-refractivity contribution in [1.82, 2.24) is 19.5 Å². The van der Waals surface area contributed by atoms with Crippen LogP contribution in [0.25, 0.3) is 11.2 Å². The first-order valence-corrected chi connectivity index (χ1v) is 10.9. The lowest BCUT2D eigenvalue weighted by Gasteiger charge is -2.29. The lowest BCUT2D eigenvalue weighted by atomic mass is 9.93. The smallest absolute Gasteiger partial charge is 0.295 e. The van der Waals surface area contributed by atoms with E-state index in [2.05, 4.69) is 51.5 Å². The molecule has 6 nitrogen and oxygen atoms in total. The minimum Gasteiger partial charge on any atom is -0.359 e. The molecule has 1 atom stereocenters. The van der Waals surface area contributed by atoms with Gasteiger partial charge < -0.3 is 5.32 Å². The van der Waals surface area contributed by atoms with Crippen molar-refractivity contribution in [1.29, 1.82) is 0 Å². The van der Waals surface area contributed by atoms with Gasteiger partial charge >= 0.3 is 0 Å². The highest BCUT2D eigenvalue weighted by Crippen LogP contribution is 2.32. The second kappa shape index (κ2) is 8.09. The molecule has 1 unspecified atom stereocenters. The zero-order valence-electron chi connectivity index (χ0n) is 15.9. The van der Waals surface area contributed by atoms with E-state index in [1.807, 2.05) is 18.7 Å². The summed E-state index contributed by atoms with van der Waals surface area (Å²) in [7, 11) is 0. The van der Waals surface area contributed by atoms with Gasteiger partial charge in [-0.3, -0.25) is 9.36 Å². The molecule has 1 saturated carbocycles. The fourth-order valence-electron chi connectivity index (χ4n) is 3.37. The van der Waals surface area contributed by atoms with Crippen LogP contribution in [-0.4, -0.2) is 25.3 Å². The van der Waals surface area contributed by atoms with Crippen molar-refractivity contribution in [3.05, 3.63) is 51.7 Å². The van der Waals surface area contributed by atoms with E-state index in [4.69, 9.17) is 11.6 Å². The summed E-state index contributed by atoms with van der Waals surface area (Å²) < 4.78 is 1.73. The number of halogens is 1. The monoisotopic (exact) mass is 415 g/mol. The van der Waals surface area contributed by atoms with Crippen LogP contribution in [0.1, 0.15) is 50.8 Å². The number of thioether (sulfide) groups is 1. The van der Waals surface area contributed by atoms with Crippen LogP contribution >= 0.6 is 23.4 Å². The Labute approximate surface area is 172 Å². The quantitative estimate of drug-likeness (QED) is 0.458. The molecular formula is C20H22ClN5OS. The molecule has 3 aromatic rings. The number of fused-ring (bicyclic) bond motifs is 1. The molecule has 146 valence electrons. The third-order valence-electron chi connectivity index (χ3n) is 5.09. The number of hydrogen-bond acceptors (Lipinski definition) is 6. The number of aromatic nitrogens is 4. The summed E-state index contributed by atoms with van der Waals surface area (Å²) in [6.45, 7) is 4.16. The van der Waals surface area contributed by atoms with E-state index >= 15 is 0 Å². The van der Waals surface area contributed by atoms with E-state index in [-0.39, 0.29) is 22.9 Å². The van der Waals surface area contributed by atoms with Gasteiger partial charge in [0, 0.05) is 10.9 Å². The van der Waals surface area contributed by atoms with Crippen LogP contribution in [0.4, 0.5) is 5.82 Å². The SMILES string of the molecule is CCSc1ccc(C(C)Nc2nc3cnc(Cl)nc3n(C3CCC3)c2=O)cc1. The van der Waals surface area contributed by atoms with Gasteiger partial charge in [0.2, 0.25) is 5.28 Å². The number of hydrogen-bond donors (Lipinski definition) is 1.